The zero-order valence-corrected chi connectivity index (χ0v) is 25.9. The predicted octanol–water partition coefficient (Wildman–Crippen LogP) is 6.62. The molecule has 0 unspecified atom stereocenters. The molecule has 0 bridgehead atoms. The second-order valence-corrected chi connectivity index (χ2v) is 13.1. The summed E-state index contributed by atoms with van der Waals surface area (Å²) in [6.45, 7) is 3.75. The van der Waals surface area contributed by atoms with Gasteiger partial charge in [0.15, 0.2) is 0 Å². The summed E-state index contributed by atoms with van der Waals surface area (Å²) in [7, 11) is -4.10. The fourth-order valence-electron chi connectivity index (χ4n) is 5.34. The summed E-state index contributed by atoms with van der Waals surface area (Å²) in [5.41, 5.74) is 2.18. The van der Waals surface area contributed by atoms with Gasteiger partial charge < -0.3 is 14.2 Å². The van der Waals surface area contributed by atoms with Gasteiger partial charge in [0.1, 0.15) is 4.90 Å². The summed E-state index contributed by atoms with van der Waals surface area (Å²) >= 11 is 12.5. The van der Waals surface area contributed by atoms with E-state index in [0.717, 1.165) is 37.8 Å². The Morgan fingerprint density at radius 2 is 1.78 bits per heavy atom. The van der Waals surface area contributed by atoms with Crippen LogP contribution in [-0.4, -0.2) is 60.4 Å². The number of aromatic nitrogens is 1. The molecule has 1 aliphatic rings. The normalized spacial score (nSPS) is 14.4. The lowest BCUT2D eigenvalue weighted by Gasteiger charge is -2.36. The summed E-state index contributed by atoms with van der Waals surface area (Å²) in [5, 5.41) is 0.330. The maximum absolute atomic E-state index is 14.1. The minimum atomic E-state index is -4.10. The molecule has 1 aromatic heterocycles. The molecule has 0 atom stereocenters. The molecule has 0 aliphatic heterocycles. The van der Waals surface area contributed by atoms with Crippen LogP contribution in [0.5, 0.6) is 0 Å². The highest BCUT2D eigenvalue weighted by Gasteiger charge is 2.33. The lowest BCUT2D eigenvalue weighted by atomic mass is 9.94. The smallest absolute Gasteiger partial charge is 0.245 e. The standard InChI is InChI=1S/C31H39Cl2N3O4S/c1-2-40-20-10-19-35(41(38,39)30-21-26(32)16-17-29(30)33)24-31(37)36(27-13-7-4-8-14-27)23-28-15-9-18-34(28)22-25-11-5-3-6-12-25/h3,5-6,9,11-12,15-18,21,27H,2,4,7-8,10,13-14,19-20,22-24H2,1H3. The first-order valence-electron chi connectivity index (χ1n) is 14.3. The third-order valence-corrected chi connectivity index (χ3v) is 10.1. The SMILES string of the molecule is CCOCCCN(CC(=O)N(Cc1cccn1Cc1ccccc1)C1CCCCC1)S(=O)(=O)c1cc(Cl)ccc1Cl. The molecule has 2 aromatic carbocycles. The summed E-state index contributed by atoms with van der Waals surface area (Å²) in [6.07, 6.45) is 7.53. The van der Waals surface area contributed by atoms with Crippen LogP contribution in [0.25, 0.3) is 0 Å². The van der Waals surface area contributed by atoms with E-state index in [-0.39, 0.29) is 40.0 Å². The Bertz CT molecular complexity index is 1380. The number of sulfonamides is 1. The average Bonchev–Trinajstić information content (AvgIpc) is 3.41. The average molecular weight is 621 g/mol. The van der Waals surface area contributed by atoms with E-state index in [4.69, 9.17) is 27.9 Å². The van der Waals surface area contributed by atoms with Gasteiger partial charge in [-0.3, -0.25) is 4.79 Å². The van der Waals surface area contributed by atoms with E-state index >= 15 is 0 Å². The molecular weight excluding hydrogens is 581 g/mol. The van der Waals surface area contributed by atoms with Crippen molar-refractivity contribution in [2.24, 2.45) is 0 Å². The zero-order chi connectivity index (χ0) is 29.2. The van der Waals surface area contributed by atoms with Gasteiger partial charge in [0.2, 0.25) is 15.9 Å². The van der Waals surface area contributed by atoms with Crippen LogP contribution in [0, 0.1) is 0 Å². The fourth-order valence-corrected chi connectivity index (χ4v) is 7.51. The van der Waals surface area contributed by atoms with Gasteiger partial charge >= 0.3 is 0 Å². The van der Waals surface area contributed by atoms with Gasteiger partial charge in [-0.05, 0) is 62.1 Å². The molecule has 1 amide bonds. The van der Waals surface area contributed by atoms with E-state index in [2.05, 4.69) is 16.7 Å². The van der Waals surface area contributed by atoms with Crippen LogP contribution in [0.4, 0.5) is 0 Å². The topological polar surface area (TPSA) is 71.8 Å². The van der Waals surface area contributed by atoms with Crippen molar-refractivity contribution in [2.45, 2.75) is 69.5 Å². The maximum Gasteiger partial charge on any atom is 0.245 e. The van der Waals surface area contributed by atoms with E-state index in [1.807, 2.05) is 48.4 Å². The van der Waals surface area contributed by atoms with Gasteiger partial charge in [0, 0.05) is 49.3 Å². The van der Waals surface area contributed by atoms with E-state index in [1.54, 1.807) is 6.07 Å². The number of nitrogens with zero attached hydrogens (tertiary/aromatic N) is 3. The molecule has 0 saturated heterocycles. The van der Waals surface area contributed by atoms with E-state index in [0.29, 0.717) is 32.7 Å². The molecule has 0 spiro atoms. The second-order valence-electron chi connectivity index (χ2n) is 10.4. The Labute approximate surface area is 254 Å². The molecular formula is C31H39Cl2N3O4S. The van der Waals surface area contributed by atoms with Gasteiger partial charge in [-0.25, -0.2) is 8.42 Å². The number of rotatable bonds is 14. The fraction of sp³-hybridized carbons (Fsp3) is 0.452. The molecule has 1 aliphatic carbocycles. The molecule has 0 radical (unpaired) electrons. The van der Waals surface area contributed by atoms with Crippen molar-refractivity contribution in [3.63, 3.8) is 0 Å². The number of benzene rings is 2. The van der Waals surface area contributed by atoms with Crippen molar-refractivity contribution in [3.8, 4) is 0 Å². The third kappa shape index (κ3) is 8.58. The second kappa shape index (κ2) is 15.2. The lowest BCUT2D eigenvalue weighted by Crippen LogP contribution is -2.47. The summed E-state index contributed by atoms with van der Waals surface area (Å²) in [4.78, 5) is 15.9. The van der Waals surface area contributed by atoms with Gasteiger partial charge in [-0.2, -0.15) is 4.31 Å². The third-order valence-electron chi connectivity index (χ3n) is 7.51. The highest BCUT2D eigenvalue weighted by atomic mass is 35.5. The predicted molar refractivity (Wildman–Crippen MR) is 164 cm³/mol. The minimum Gasteiger partial charge on any atom is -0.382 e. The van der Waals surface area contributed by atoms with Crippen molar-refractivity contribution in [1.82, 2.24) is 13.8 Å². The Hall–Kier alpha value is -2.36. The van der Waals surface area contributed by atoms with Crippen LogP contribution in [0.3, 0.4) is 0 Å². The summed E-state index contributed by atoms with van der Waals surface area (Å²) in [6, 6.07) is 18.6. The summed E-state index contributed by atoms with van der Waals surface area (Å²) in [5.74, 6) is -0.220. The number of carbonyl (C=O) groups excluding carboxylic acids is 1. The Morgan fingerprint density at radius 1 is 1.02 bits per heavy atom. The van der Waals surface area contributed by atoms with Crippen molar-refractivity contribution < 1.29 is 17.9 Å². The Kier molecular flexibility index (Phi) is 11.7. The largest absolute Gasteiger partial charge is 0.382 e. The highest BCUT2D eigenvalue weighted by Crippen LogP contribution is 2.29. The summed E-state index contributed by atoms with van der Waals surface area (Å²) < 4.78 is 36.5. The molecule has 1 saturated carbocycles. The van der Waals surface area contributed by atoms with Gasteiger partial charge in [-0.1, -0.05) is 72.8 Å². The van der Waals surface area contributed by atoms with Gasteiger partial charge in [0.25, 0.3) is 0 Å². The number of hydrogen-bond acceptors (Lipinski definition) is 4. The number of ether oxygens (including phenoxy) is 1. The van der Waals surface area contributed by atoms with Gasteiger partial charge in [0.05, 0.1) is 18.1 Å². The van der Waals surface area contributed by atoms with Crippen molar-refractivity contribution in [2.75, 3.05) is 26.3 Å². The van der Waals surface area contributed by atoms with Crippen LogP contribution in [-0.2, 0) is 32.6 Å². The monoisotopic (exact) mass is 619 g/mol. The maximum atomic E-state index is 14.1. The minimum absolute atomic E-state index is 0.0547. The first kappa shape index (κ1) is 31.6. The van der Waals surface area contributed by atoms with Crippen LogP contribution in [0.15, 0.2) is 71.8 Å². The Morgan fingerprint density at radius 3 is 2.51 bits per heavy atom. The van der Waals surface area contributed by atoms with Gasteiger partial charge in [-0.15, -0.1) is 0 Å². The molecule has 3 aromatic rings. The Balaban J connectivity index is 1.60. The lowest BCUT2D eigenvalue weighted by molar-refractivity contribution is -0.135. The highest BCUT2D eigenvalue weighted by molar-refractivity contribution is 7.89. The van der Waals surface area contributed by atoms with E-state index < -0.39 is 10.0 Å². The molecule has 4 rings (SSSR count). The molecule has 1 fully saturated rings. The van der Waals surface area contributed by atoms with Crippen LogP contribution in [0.2, 0.25) is 10.0 Å². The van der Waals surface area contributed by atoms with Crippen molar-refractivity contribution >= 4 is 39.1 Å². The quantitative estimate of drug-likeness (QED) is 0.190. The van der Waals surface area contributed by atoms with Crippen LogP contribution in [0.1, 0.15) is 56.7 Å². The molecule has 41 heavy (non-hydrogen) atoms. The number of amides is 1. The molecule has 0 N–H and O–H groups in total. The number of halogens is 2. The van der Waals surface area contributed by atoms with Crippen molar-refractivity contribution in [3.05, 3.63) is 88.2 Å². The first-order chi connectivity index (χ1) is 19.8. The molecule has 7 nitrogen and oxygen atoms in total. The first-order valence-corrected chi connectivity index (χ1v) is 16.5. The number of hydrogen-bond donors (Lipinski definition) is 0. The van der Waals surface area contributed by atoms with E-state index in [1.165, 1.54) is 22.0 Å². The zero-order valence-electron chi connectivity index (χ0n) is 23.6. The van der Waals surface area contributed by atoms with E-state index in [9.17, 15) is 13.2 Å². The van der Waals surface area contributed by atoms with Crippen LogP contribution >= 0.6 is 23.2 Å². The molecule has 1 heterocycles. The molecule has 222 valence electrons. The van der Waals surface area contributed by atoms with Crippen LogP contribution < -0.4 is 0 Å². The van der Waals surface area contributed by atoms with Crippen molar-refractivity contribution in [1.29, 1.82) is 0 Å². The molecule has 10 heteroatoms. The number of carbonyl (C=O) groups is 1.